The number of nitrogens with zero attached hydrogens (tertiary/aromatic N) is 3. The Morgan fingerprint density at radius 2 is 1.90 bits per heavy atom. The van der Waals surface area contributed by atoms with Crippen molar-refractivity contribution in [3.63, 3.8) is 0 Å². The summed E-state index contributed by atoms with van der Waals surface area (Å²) in [5, 5.41) is 19.3. The molecule has 1 aromatic rings. The van der Waals surface area contributed by atoms with Gasteiger partial charge in [0.15, 0.2) is 5.78 Å². The zero-order chi connectivity index (χ0) is 21.3. The standard InChI is InChI=1S/C22H30FN3O4/c23-18-2-1-3-19(14-18)30-16-17-12-21(28)20(22(29)13-17)15-24-4-5-25-6-8-26(9-7-25)10-11-27/h1-3,14-15,17,27-28H,4-13,16H2. The minimum atomic E-state index is -0.375. The van der Waals surface area contributed by atoms with Crippen LogP contribution in [0.25, 0.3) is 0 Å². The first-order valence-electron chi connectivity index (χ1n) is 10.4. The molecule has 3 rings (SSSR count). The lowest BCUT2D eigenvalue weighted by atomic mass is 9.88. The summed E-state index contributed by atoms with van der Waals surface area (Å²) in [5.41, 5.74) is 0.282. The number of ketones is 1. The minimum absolute atomic E-state index is 0.0421. The molecule has 1 heterocycles. The van der Waals surface area contributed by atoms with Crippen LogP contribution in [0, 0.1) is 11.7 Å². The molecule has 1 atom stereocenters. The summed E-state index contributed by atoms with van der Waals surface area (Å²) >= 11 is 0. The van der Waals surface area contributed by atoms with Crippen LogP contribution >= 0.6 is 0 Å². The van der Waals surface area contributed by atoms with Gasteiger partial charge in [0.05, 0.1) is 25.3 Å². The number of ether oxygens (including phenoxy) is 1. The molecule has 1 aromatic carbocycles. The van der Waals surface area contributed by atoms with E-state index < -0.39 is 0 Å². The highest BCUT2D eigenvalue weighted by Gasteiger charge is 2.27. The van der Waals surface area contributed by atoms with Crippen LogP contribution in [0.1, 0.15) is 12.8 Å². The summed E-state index contributed by atoms with van der Waals surface area (Å²) < 4.78 is 18.8. The number of benzene rings is 1. The molecule has 2 N–H and O–H groups in total. The van der Waals surface area contributed by atoms with Gasteiger partial charge < -0.3 is 14.9 Å². The molecule has 0 spiro atoms. The normalized spacial score (nSPS) is 21.5. The summed E-state index contributed by atoms with van der Waals surface area (Å²) in [7, 11) is 0. The second kappa shape index (κ2) is 11.2. The van der Waals surface area contributed by atoms with Gasteiger partial charge in [0, 0.05) is 70.3 Å². The van der Waals surface area contributed by atoms with Crippen molar-refractivity contribution in [3.05, 3.63) is 41.4 Å². The van der Waals surface area contributed by atoms with Gasteiger partial charge in [0.25, 0.3) is 0 Å². The fraction of sp³-hybridized carbons (Fsp3) is 0.545. The molecule has 2 aliphatic rings. The Morgan fingerprint density at radius 3 is 2.57 bits per heavy atom. The number of β-amino-alcohol motifs (C(OH)–C–C–N with tert-alkyl or cyclic N) is 1. The summed E-state index contributed by atoms with van der Waals surface area (Å²) in [4.78, 5) is 21.3. The van der Waals surface area contributed by atoms with Gasteiger partial charge in [-0.05, 0) is 12.1 Å². The van der Waals surface area contributed by atoms with Gasteiger partial charge in [-0.1, -0.05) is 6.07 Å². The van der Waals surface area contributed by atoms with E-state index in [2.05, 4.69) is 14.8 Å². The van der Waals surface area contributed by atoms with Gasteiger partial charge in [-0.2, -0.15) is 0 Å². The zero-order valence-electron chi connectivity index (χ0n) is 17.2. The van der Waals surface area contributed by atoms with E-state index in [0.29, 0.717) is 18.7 Å². The molecule has 7 nitrogen and oxygen atoms in total. The summed E-state index contributed by atoms with van der Waals surface area (Å²) in [6, 6.07) is 5.87. The Hall–Kier alpha value is -2.29. The van der Waals surface area contributed by atoms with Crippen LogP contribution in [0.4, 0.5) is 4.39 Å². The zero-order valence-corrected chi connectivity index (χ0v) is 17.2. The van der Waals surface area contributed by atoms with Gasteiger partial charge in [-0.15, -0.1) is 0 Å². The monoisotopic (exact) mass is 419 g/mol. The Kier molecular flexibility index (Phi) is 8.36. The third-order valence-corrected chi connectivity index (χ3v) is 5.50. The van der Waals surface area contributed by atoms with Crippen LogP contribution in [0.5, 0.6) is 5.75 Å². The smallest absolute Gasteiger partial charge is 0.168 e. The first kappa shape index (κ1) is 22.4. The van der Waals surface area contributed by atoms with Crippen molar-refractivity contribution in [1.29, 1.82) is 0 Å². The van der Waals surface area contributed by atoms with E-state index in [4.69, 9.17) is 9.84 Å². The molecular weight excluding hydrogens is 389 g/mol. The molecule has 8 heteroatoms. The summed E-state index contributed by atoms with van der Waals surface area (Å²) in [6.07, 6.45) is 2.10. The van der Waals surface area contributed by atoms with E-state index in [1.54, 1.807) is 12.1 Å². The molecule has 164 valence electrons. The van der Waals surface area contributed by atoms with Crippen LogP contribution in [0.2, 0.25) is 0 Å². The van der Waals surface area contributed by atoms with Gasteiger partial charge in [0.1, 0.15) is 17.3 Å². The third kappa shape index (κ3) is 6.62. The lowest BCUT2D eigenvalue weighted by Crippen LogP contribution is -2.47. The Labute approximate surface area is 176 Å². The van der Waals surface area contributed by atoms with Crippen molar-refractivity contribution in [2.45, 2.75) is 12.8 Å². The molecular formula is C22H30FN3O4. The Morgan fingerprint density at radius 1 is 1.17 bits per heavy atom. The molecule has 1 unspecified atom stereocenters. The molecule has 0 amide bonds. The lowest BCUT2D eigenvalue weighted by Gasteiger charge is -2.33. The fourth-order valence-electron chi connectivity index (χ4n) is 3.76. The van der Waals surface area contributed by atoms with Crippen molar-refractivity contribution in [2.75, 3.05) is 59.0 Å². The maximum Gasteiger partial charge on any atom is 0.168 e. The van der Waals surface area contributed by atoms with Crippen molar-refractivity contribution >= 4 is 12.0 Å². The van der Waals surface area contributed by atoms with E-state index in [0.717, 1.165) is 39.3 Å². The molecule has 0 radical (unpaired) electrons. The van der Waals surface area contributed by atoms with Crippen LogP contribution in [-0.4, -0.2) is 91.0 Å². The van der Waals surface area contributed by atoms with Crippen molar-refractivity contribution in [2.24, 2.45) is 10.9 Å². The molecule has 1 fully saturated rings. The predicted molar refractivity (Wildman–Crippen MR) is 113 cm³/mol. The first-order valence-corrected chi connectivity index (χ1v) is 10.4. The van der Waals surface area contributed by atoms with E-state index in [1.165, 1.54) is 18.3 Å². The second-order valence-corrected chi connectivity index (χ2v) is 7.77. The first-order chi connectivity index (χ1) is 14.5. The van der Waals surface area contributed by atoms with Crippen LogP contribution in [0.3, 0.4) is 0 Å². The van der Waals surface area contributed by atoms with Crippen molar-refractivity contribution in [3.8, 4) is 5.75 Å². The molecule has 30 heavy (non-hydrogen) atoms. The predicted octanol–water partition coefficient (Wildman–Crippen LogP) is 1.68. The quantitative estimate of drug-likeness (QED) is 0.593. The maximum atomic E-state index is 13.2. The molecule has 1 aliphatic heterocycles. The molecule has 1 aliphatic carbocycles. The maximum absolute atomic E-state index is 13.2. The number of carbonyl (C=O) groups is 1. The highest BCUT2D eigenvalue weighted by atomic mass is 19.1. The average molecular weight is 419 g/mol. The Balaban J connectivity index is 1.42. The SMILES string of the molecule is O=C1CC(COc2cccc(F)c2)CC(O)=C1C=NCCN1CCN(CCO)CC1. The number of piperazine rings is 1. The highest BCUT2D eigenvalue weighted by molar-refractivity contribution is 6.14. The number of hydrogen-bond donors (Lipinski definition) is 2. The molecule has 1 saturated heterocycles. The van der Waals surface area contributed by atoms with Crippen molar-refractivity contribution in [1.82, 2.24) is 9.80 Å². The van der Waals surface area contributed by atoms with Crippen LogP contribution in [-0.2, 0) is 4.79 Å². The van der Waals surface area contributed by atoms with Gasteiger partial charge in [-0.3, -0.25) is 19.6 Å². The van der Waals surface area contributed by atoms with E-state index in [-0.39, 0.29) is 48.5 Å². The van der Waals surface area contributed by atoms with Crippen molar-refractivity contribution < 1.29 is 24.1 Å². The molecule has 0 saturated carbocycles. The number of aliphatic imine (C=N–C) groups is 1. The number of aliphatic hydroxyl groups excluding tert-OH is 2. The number of rotatable bonds is 9. The number of aliphatic hydroxyl groups is 2. The molecule has 0 bridgehead atoms. The average Bonchev–Trinajstić information content (AvgIpc) is 2.72. The second-order valence-electron chi connectivity index (χ2n) is 7.77. The van der Waals surface area contributed by atoms with Gasteiger partial charge in [0.2, 0.25) is 0 Å². The summed E-state index contributed by atoms with van der Waals surface area (Å²) in [5.74, 6) is -0.211. The number of halogens is 1. The van der Waals surface area contributed by atoms with Crippen LogP contribution in [0.15, 0.2) is 40.6 Å². The fourth-order valence-corrected chi connectivity index (χ4v) is 3.76. The minimum Gasteiger partial charge on any atom is -0.511 e. The Bertz CT molecular complexity index is 775. The molecule has 0 aromatic heterocycles. The number of carbonyl (C=O) groups excluding carboxylic acids is 1. The number of Topliss-reactive ketones (excluding diaryl/α,β-unsaturated/α-hetero) is 1. The largest absolute Gasteiger partial charge is 0.511 e. The lowest BCUT2D eigenvalue weighted by molar-refractivity contribution is -0.117. The third-order valence-electron chi connectivity index (χ3n) is 5.50. The van der Waals surface area contributed by atoms with E-state index in [1.807, 2.05) is 0 Å². The van der Waals surface area contributed by atoms with Gasteiger partial charge in [-0.25, -0.2) is 4.39 Å². The highest BCUT2D eigenvalue weighted by Crippen LogP contribution is 2.26. The van der Waals surface area contributed by atoms with Gasteiger partial charge >= 0.3 is 0 Å². The van der Waals surface area contributed by atoms with E-state index >= 15 is 0 Å². The number of hydrogen-bond acceptors (Lipinski definition) is 7. The van der Waals surface area contributed by atoms with E-state index in [9.17, 15) is 14.3 Å². The van der Waals surface area contributed by atoms with Crippen LogP contribution < -0.4 is 4.74 Å². The topological polar surface area (TPSA) is 85.6 Å². The number of allylic oxidation sites excluding steroid dienone is 2. The summed E-state index contributed by atoms with van der Waals surface area (Å²) in [6.45, 7) is 6.27.